The highest BCUT2D eigenvalue weighted by Crippen LogP contribution is 2.21. The Labute approximate surface area is 128 Å². The van der Waals surface area contributed by atoms with Crippen LogP contribution in [0.5, 0.6) is 5.75 Å². The van der Waals surface area contributed by atoms with E-state index in [0.29, 0.717) is 6.54 Å². The van der Waals surface area contributed by atoms with E-state index in [-0.39, 0.29) is 0 Å². The monoisotopic (exact) mass is 311 g/mol. The van der Waals surface area contributed by atoms with Crippen molar-refractivity contribution >= 4 is 22.9 Å². The van der Waals surface area contributed by atoms with E-state index < -0.39 is 6.10 Å². The fourth-order valence-electron chi connectivity index (χ4n) is 1.90. The lowest BCUT2D eigenvalue weighted by molar-refractivity contribution is 0.175. The van der Waals surface area contributed by atoms with Gasteiger partial charge in [0, 0.05) is 18.0 Å². The van der Waals surface area contributed by atoms with Crippen LogP contribution in [-0.4, -0.2) is 25.3 Å². The van der Waals surface area contributed by atoms with Gasteiger partial charge in [-0.3, -0.25) is 0 Å². The zero-order valence-electron chi connectivity index (χ0n) is 11.3. The molecule has 0 aliphatic heterocycles. The third-order valence-corrected chi connectivity index (χ3v) is 4.28. The summed E-state index contributed by atoms with van der Waals surface area (Å²) in [6.07, 6.45) is 0.388. The maximum absolute atomic E-state index is 10.1. The van der Waals surface area contributed by atoms with Crippen molar-refractivity contribution in [1.82, 2.24) is 5.32 Å². The van der Waals surface area contributed by atoms with E-state index in [2.05, 4.69) is 5.32 Å². The first-order valence-electron chi connectivity index (χ1n) is 6.46. The molecule has 1 unspecified atom stereocenters. The Morgan fingerprint density at radius 2 is 2.20 bits per heavy atom. The predicted octanol–water partition coefficient (Wildman–Crippen LogP) is 3.28. The van der Waals surface area contributed by atoms with Gasteiger partial charge in [-0.2, -0.15) is 0 Å². The molecule has 20 heavy (non-hydrogen) atoms. The van der Waals surface area contributed by atoms with Crippen LogP contribution in [0.2, 0.25) is 4.34 Å². The molecule has 0 fully saturated rings. The third kappa shape index (κ3) is 4.49. The Kier molecular flexibility index (Phi) is 5.86. The molecular formula is C15H18ClNO2S. The minimum atomic E-state index is -0.531. The first-order chi connectivity index (χ1) is 9.69. The maximum atomic E-state index is 10.1. The number of ether oxygens (including phenoxy) is 1. The summed E-state index contributed by atoms with van der Waals surface area (Å²) in [5.74, 6) is 0.759. The van der Waals surface area contributed by atoms with E-state index in [9.17, 15) is 5.11 Å². The van der Waals surface area contributed by atoms with Crippen LogP contribution in [0.3, 0.4) is 0 Å². The Bertz CT molecular complexity index is 544. The highest BCUT2D eigenvalue weighted by atomic mass is 35.5. The van der Waals surface area contributed by atoms with Crippen molar-refractivity contribution in [3.8, 4) is 5.75 Å². The highest BCUT2D eigenvalue weighted by molar-refractivity contribution is 7.16. The molecule has 108 valence electrons. The molecule has 1 aromatic carbocycles. The van der Waals surface area contributed by atoms with Crippen LogP contribution in [0.4, 0.5) is 0 Å². The number of hydrogen-bond donors (Lipinski definition) is 2. The molecule has 2 N–H and O–H groups in total. The lowest BCUT2D eigenvalue weighted by Gasteiger charge is -2.13. The van der Waals surface area contributed by atoms with Crippen molar-refractivity contribution in [2.45, 2.75) is 12.5 Å². The molecule has 2 aromatic rings. The van der Waals surface area contributed by atoms with Gasteiger partial charge in [0.2, 0.25) is 0 Å². The van der Waals surface area contributed by atoms with Crippen molar-refractivity contribution in [2.75, 3.05) is 20.2 Å². The SMILES string of the molecule is COc1cccc(C(O)CNCCc2ccc(Cl)s2)c1. The number of nitrogens with one attached hydrogen (secondary N) is 1. The van der Waals surface area contributed by atoms with Gasteiger partial charge in [0.1, 0.15) is 5.75 Å². The normalized spacial score (nSPS) is 12.3. The molecular weight excluding hydrogens is 294 g/mol. The minimum absolute atomic E-state index is 0.520. The van der Waals surface area contributed by atoms with Gasteiger partial charge in [-0.25, -0.2) is 0 Å². The summed E-state index contributed by atoms with van der Waals surface area (Å²) in [6, 6.07) is 11.4. The number of hydrogen-bond acceptors (Lipinski definition) is 4. The summed E-state index contributed by atoms with van der Waals surface area (Å²) in [5, 5.41) is 13.4. The van der Waals surface area contributed by atoms with Gasteiger partial charge in [0.05, 0.1) is 17.6 Å². The van der Waals surface area contributed by atoms with Gasteiger partial charge in [-0.1, -0.05) is 23.7 Å². The summed E-state index contributed by atoms with van der Waals surface area (Å²) in [5.41, 5.74) is 0.857. The second-order valence-corrected chi connectivity index (χ2v) is 6.25. The number of aliphatic hydroxyl groups excluding tert-OH is 1. The summed E-state index contributed by atoms with van der Waals surface area (Å²) in [6.45, 7) is 1.34. The average Bonchev–Trinajstić information content (AvgIpc) is 2.89. The first-order valence-corrected chi connectivity index (χ1v) is 7.65. The molecule has 0 bridgehead atoms. The number of methoxy groups -OCH3 is 1. The van der Waals surface area contributed by atoms with E-state index >= 15 is 0 Å². The first kappa shape index (κ1) is 15.3. The van der Waals surface area contributed by atoms with Gasteiger partial charge < -0.3 is 15.2 Å². The smallest absolute Gasteiger partial charge is 0.119 e. The van der Waals surface area contributed by atoms with Crippen LogP contribution in [0.15, 0.2) is 36.4 Å². The highest BCUT2D eigenvalue weighted by Gasteiger charge is 2.08. The number of thiophene rings is 1. The van der Waals surface area contributed by atoms with Crippen LogP contribution in [0.1, 0.15) is 16.5 Å². The molecule has 1 aromatic heterocycles. The van der Waals surface area contributed by atoms with Gasteiger partial charge in [0.15, 0.2) is 0 Å². The van der Waals surface area contributed by atoms with Crippen molar-refractivity contribution in [3.05, 3.63) is 51.2 Å². The largest absolute Gasteiger partial charge is 0.497 e. The fraction of sp³-hybridized carbons (Fsp3) is 0.333. The van der Waals surface area contributed by atoms with Crippen molar-refractivity contribution in [1.29, 1.82) is 0 Å². The van der Waals surface area contributed by atoms with Gasteiger partial charge >= 0.3 is 0 Å². The molecule has 0 spiro atoms. The lowest BCUT2D eigenvalue weighted by Crippen LogP contribution is -2.23. The molecule has 0 saturated heterocycles. The van der Waals surface area contributed by atoms with Crippen LogP contribution >= 0.6 is 22.9 Å². The summed E-state index contributed by atoms with van der Waals surface area (Å²) < 4.78 is 5.96. The number of rotatable bonds is 7. The summed E-state index contributed by atoms with van der Waals surface area (Å²) >= 11 is 7.47. The van der Waals surface area contributed by atoms with E-state index in [1.54, 1.807) is 18.4 Å². The lowest BCUT2D eigenvalue weighted by atomic mass is 10.1. The van der Waals surface area contributed by atoms with E-state index in [1.165, 1.54) is 4.88 Å². The van der Waals surface area contributed by atoms with E-state index in [0.717, 1.165) is 28.6 Å². The predicted molar refractivity (Wildman–Crippen MR) is 83.9 cm³/mol. The zero-order valence-corrected chi connectivity index (χ0v) is 12.9. The second-order valence-electron chi connectivity index (χ2n) is 4.45. The van der Waals surface area contributed by atoms with E-state index in [4.69, 9.17) is 16.3 Å². The molecule has 0 aliphatic carbocycles. The third-order valence-electron chi connectivity index (χ3n) is 2.99. The molecule has 1 atom stereocenters. The van der Waals surface area contributed by atoms with Crippen molar-refractivity contribution < 1.29 is 9.84 Å². The van der Waals surface area contributed by atoms with Crippen LogP contribution in [0.25, 0.3) is 0 Å². The summed E-state index contributed by atoms with van der Waals surface area (Å²) in [4.78, 5) is 1.25. The molecule has 2 rings (SSSR count). The Balaban J connectivity index is 1.75. The Morgan fingerprint density at radius 3 is 2.90 bits per heavy atom. The molecule has 3 nitrogen and oxygen atoms in total. The molecule has 0 radical (unpaired) electrons. The number of aliphatic hydroxyl groups is 1. The Hall–Kier alpha value is -1.07. The second kappa shape index (κ2) is 7.64. The maximum Gasteiger partial charge on any atom is 0.119 e. The fourth-order valence-corrected chi connectivity index (χ4v) is 2.99. The number of benzene rings is 1. The zero-order chi connectivity index (χ0) is 14.4. The van der Waals surface area contributed by atoms with Gasteiger partial charge in [-0.05, 0) is 36.2 Å². The van der Waals surface area contributed by atoms with Crippen LogP contribution in [-0.2, 0) is 6.42 Å². The molecule has 0 amide bonds. The summed E-state index contributed by atoms with van der Waals surface area (Å²) in [7, 11) is 1.62. The van der Waals surface area contributed by atoms with Crippen molar-refractivity contribution in [2.24, 2.45) is 0 Å². The number of halogens is 1. The minimum Gasteiger partial charge on any atom is -0.497 e. The van der Waals surface area contributed by atoms with Crippen LogP contribution in [0, 0.1) is 0 Å². The van der Waals surface area contributed by atoms with Crippen molar-refractivity contribution in [3.63, 3.8) is 0 Å². The average molecular weight is 312 g/mol. The molecule has 0 aliphatic rings. The standard InChI is InChI=1S/C15H18ClNO2S/c1-19-12-4-2-3-11(9-12)14(18)10-17-8-7-13-5-6-15(16)20-13/h2-6,9,14,17-18H,7-8,10H2,1H3. The van der Waals surface area contributed by atoms with Gasteiger partial charge in [-0.15, -0.1) is 11.3 Å². The van der Waals surface area contributed by atoms with Gasteiger partial charge in [0.25, 0.3) is 0 Å². The topological polar surface area (TPSA) is 41.5 Å². The molecule has 1 heterocycles. The van der Waals surface area contributed by atoms with Crippen LogP contribution < -0.4 is 10.1 Å². The molecule has 5 heteroatoms. The van der Waals surface area contributed by atoms with E-state index in [1.807, 2.05) is 36.4 Å². The molecule has 0 saturated carbocycles. The Morgan fingerprint density at radius 1 is 1.35 bits per heavy atom. The quantitative estimate of drug-likeness (QED) is 0.771.